The highest BCUT2D eigenvalue weighted by atomic mass is 79.9. The fourth-order valence-electron chi connectivity index (χ4n) is 1.37. The molecule has 3 nitrogen and oxygen atoms in total. The molecule has 0 N–H and O–H groups in total. The predicted molar refractivity (Wildman–Crippen MR) is 67.5 cm³/mol. The summed E-state index contributed by atoms with van der Waals surface area (Å²) in [4.78, 5) is 15.0. The first-order valence-corrected chi connectivity index (χ1v) is 5.99. The SMILES string of the molecule is O=C(OCc1ccccc1Br)c1cccnc1F. The molecular weight excluding hydrogens is 301 g/mol. The van der Waals surface area contributed by atoms with Crippen LogP contribution in [0.5, 0.6) is 0 Å². The summed E-state index contributed by atoms with van der Waals surface area (Å²) in [5, 5.41) is 0. The number of nitrogens with zero attached hydrogens (tertiary/aromatic N) is 1. The second-order valence-electron chi connectivity index (χ2n) is 3.51. The van der Waals surface area contributed by atoms with Crippen LogP contribution in [0, 0.1) is 5.95 Å². The number of carbonyl (C=O) groups excluding carboxylic acids is 1. The molecule has 92 valence electrons. The zero-order chi connectivity index (χ0) is 13.0. The van der Waals surface area contributed by atoms with Crippen molar-refractivity contribution in [1.82, 2.24) is 4.98 Å². The molecule has 0 amide bonds. The van der Waals surface area contributed by atoms with Gasteiger partial charge in [-0.1, -0.05) is 34.1 Å². The average molecular weight is 310 g/mol. The van der Waals surface area contributed by atoms with E-state index in [-0.39, 0.29) is 12.2 Å². The van der Waals surface area contributed by atoms with E-state index in [0.717, 1.165) is 10.0 Å². The van der Waals surface area contributed by atoms with Gasteiger partial charge in [-0.2, -0.15) is 4.39 Å². The summed E-state index contributed by atoms with van der Waals surface area (Å²) in [5.74, 6) is -1.55. The van der Waals surface area contributed by atoms with Gasteiger partial charge in [0.05, 0.1) is 0 Å². The van der Waals surface area contributed by atoms with Crippen LogP contribution in [-0.4, -0.2) is 11.0 Å². The number of esters is 1. The van der Waals surface area contributed by atoms with Gasteiger partial charge in [-0.25, -0.2) is 9.78 Å². The van der Waals surface area contributed by atoms with E-state index in [1.165, 1.54) is 18.3 Å². The van der Waals surface area contributed by atoms with Crippen LogP contribution in [-0.2, 0) is 11.3 Å². The summed E-state index contributed by atoms with van der Waals surface area (Å²) in [5.41, 5.74) is 0.653. The minimum absolute atomic E-state index is 0.0780. The van der Waals surface area contributed by atoms with Crippen molar-refractivity contribution in [2.75, 3.05) is 0 Å². The lowest BCUT2D eigenvalue weighted by molar-refractivity contribution is 0.0465. The van der Waals surface area contributed by atoms with Crippen LogP contribution < -0.4 is 0 Å². The molecule has 0 unspecified atom stereocenters. The van der Waals surface area contributed by atoms with Crippen LogP contribution in [0.1, 0.15) is 15.9 Å². The molecule has 1 aromatic heterocycles. The maximum Gasteiger partial charge on any atom is 0.343 e. The third kappa shape index (κ3) is 2.92. The second kappa shape index (κ2) is 5.73. The van der Waals surface area contributed by atoms with Crippen molar-refractivity contribution >= 4 is 21.9 Å². The number of benzene rings is 1. The molecule has 0 saturated carbocycles. The lowest BCUT2D eigenvalue weighted by Gasteiger charge is -2.06. The Labute approximate surface area is 112 Å². The van der Waals surface area contributed by atoms with Gasteiger partial charge in [-0.15, -0.1) is 0 Å². The van der Waals surface area contributed by atoms with E-state index in [1.807, 2.05) is 24.3 Å². The van der Waals surface area contributed by atoms with Gasteiger partial charge in [0.15, 0.2) is 0 Å². The predicted octanol–water partition coefficient (Wildman–Crippen LogP) is 3.34. The third-order valence-electron chi connectivity index (χ3n) is 2.30. The summed E-state index contributed by atoms with van der Waals surface area (Å²) in [6.07, 6.45) is 1.28. The van der Waals surface area contributed by atoms with E-state index in [2.05, 4.69) is 20.9 Å². The minimum atomic E-state index is -0.824. The lowest BCUT2D eigenvalue weighted by Crippen LogP contribution is -2.08. The van der Waals surface area contributed by atoms with E-state index < -0.39 is 11.9 Å². The van der Waals surface area contributed by atoms with E-state index in [4.69, 9.17) is 4.74 Å². The number of aromatic nitrogens is 1. The molecule has 2 aromatic rings. The lowest BCUT2D eigenvalue weighted by atomic mass is 10.2. The number of rotatable bonds is 3. The van der Waals surface area contributed by atoms with Crippen molar-refractivity contribution in [1.29, 1.82) is 0 Å². The Kier molecular flexibility index (Phi) is 4.04. The molecule has 0 saturated heterocycles. The Balaban J connectivity index is 2.06. The fourth-order valence-corrected chi connectivity index (χ4v) is 1.77. The van der Waals surface area contributed by atoms with Crippen molar-refractivity contribution in [3.63, 3.8) is 0 Å². The molecule has 0 radical (unpaired) electrons. The molecule has 18 heavy (non-hydrogen) atoms. The van der Waals surface area contributed by atoms with Crippen LogP contribution in [0.4, 0.5) is 4.39 Å². The highest BCUT2D eigenvalue weighted by Crippen LogP contribution is 2.17. The molecule has 0 aliphatic carbocycles. The van der Waals surface area contributed by atoms with Crippen LogP contribution in [0.3, 0.4) is 0 Å². The number of halogens is 2. The second-order valence-corrected chi connectivity index (χ2v) is 4.36. The molecule has 0 bridgehead atoms. The summed E-state index contributed by atoms with van der Waals surface area (Å²) < 4.78 is 19.1. The Hall–Kier alpha value is -1.75. The third-order valence-corrected chi connectivity index (χ3v) is 3.07. The van der Waals surface area contributed by atoms with Gasteiger partial charge in [0.1, 0.15) is 12.2 Å². The number of carbonyl (C=O) groups is 1. The largest absolute Gasteiger partial charge is 0.457 e. The first-order chi connectivity index (χ1) is 8.68. The molecule has 0 atom stereocenters. The van der Waals surface area contributed by atoms with E-state index in [9.17, 15) is 9.18 Å². The first-order valence-electron chi connectivity index (χ1n) is 5.19. The quantitative estimate of drug-likeness (QED) is 0.645. The summed E-state index contributed by atoms with van der Waals surface area (Å²) >= 11 is 3.34. The normalized spacial score (nSPS) is 10.1. The van der Waals surface area contributed by atoms with Gasteiger partial charge in [0, 0.05) is 16.2 Å². The van der Waals surface area contributed by atoms with Gasteiger partial charge >= 0.3 is 5.97 Å². The van der Waals surface area contributed by atoms with Gasteiger partial charge in [-0.05, 0) is 18.2 Å². The van der Waals surface area contributed by atoms with Crippen molar-refractivity contribution in [3.8, 4) is 0 Å². The fraction of sp³-hybridized carbons (Fsp3) is 0.0769. The van der Waals surface area contributed by atoms with Crippen LogP contribution >= 0.6 is 15.9 Å². The smallest absolute Gasteiger partial charge is 0.343 e. The molecule has 2 rings (SSSR count). The first kappa shape index (κ1) is 12.7. The molecule has 1 heterocycles. The molecule has 5 heteroatoms. The maximum absolute atomic E-state index is 13.2. The monoisotopic (exact) mass is 309 g/mol. The number of hydrogen-bond donors (Lipinski definition) is 0. The average Bonchev–Trinajstić information content (AvgIpc) is 2.38. The Bertz CT molecular complexity index is 574. The topological polar surface area (TPSA) is 39.2 Å². The molecule has 0 fully saturated rings. The van der Waals surface area contributed by atoms with Gasteiger partial charge in [0.2, 0.25) is 5.95 Å². The standard InChI is InChI=1S/C13H9BrFNO2/c14-11-6-2-1-4-9(11)8-18-13(17)10-5-3-7-16-12(10)15/h1-7H,8H2. The van der Waals surface area contributed by atoms with Crippen LogP contribution in [0.25, 0.3) is 0 Å². The molecular formula is C13H9BrFNO2. The zero-order valence-corrected chi connectivity index (χ0v) is 10.9. The molecule has 1 aromatic carbocycles. The number of pyridine rings is 1. The minimum Gasteiger partial charge on any atom is -0.457 e. The van der Waals surface area contributed by atoms with Gasteiger partial charge in [-0.3, -0.25) is 0 Å². The van der Waals surface area contributed by atoms with Gasteiger partial charge < -0.3 is 4.74 Å². The molecule has 0 aliphatic heterocycles. The van der Waals surface area contributed by atoms with Gasteiger partial charge in [0.25, 0.3) is 0 Å². The van der Waals surface area contributed by atoms with Crippen LogP contribution in [0.15, 0.2) is 47.1 Å². The van der Waals surface area contributed by atoms with E-state index in [1.54, 1.807) is 0 Å². The number of ether oxygens (including phenoxy) is 1. The molecule has 0 aliphatic rings. The summed E-state index contributed by atoms with van der Waals surface area (Å²) in [6.45, 7) is 0.0780. The maximum atomic E-state index is 13.2. The van der Waals surface area contributed by atoms with Crippen molar-refractivity contribution < 1.29 is 13.9 Å². The Morgan fingerprint density at radius 3 is 2.78 bits per heavy atom. The summed E-state index contributed by atoms with van der Waals surface area (Å²) in [7, 11) is 0. The summed E-state index contributed by atoms with van der Waals surface area (Å²) in [6, 6.07) is 10.2. The highest BCUT2D eigenvalue weighted by Gasteiger charge is 2.13. The van der Waals surface area contributed by atoms with Crippen molar-refractivity contribution in [2.45, 2.75) is 6.61 Å². The Morgan fingerprint density at radius 2 is 2.06 bits per heavy atom. The Morgan fingerprint density at radius 1 is 1.28 bits per heavy atom. The molecule has 0 spiro atoms. The van der Waals surface area contributed by atoms with E-state index in [0.29, 0.717) is 0 Å². The highest BCUT2D eigenvalue weighted by molar-refractivity contribution is 9.10. The van der Waals surface area contributed by atoms with Crippen LogP contribution in [0.2, 0.25) is 0 Å². The number of hydrogen-bond acceptors (Lipinski definition) is 3. The van der Waals surface area contributed by atoms with Crippen molar-refractivity contribution in [3.05, 3.63) is 64.1 Å². The van der Waals surface area contributed by atoms with Crippen molar-refractivity contribution in [2.24, 2.45) is 0 Å². The zero-order valence-electron chi connectivity index (χ0n) is 9.27. The van der Waals surface area contributed by atoms with E-state index >= 15 is 0 Å².